The summed E-state index contributed by atoms with van der Waals surface area (Å²) < 4.78 is 11.2. The monoisotopic (exact) mass is 650 g/mol. The van der Waals surface area contributed by atoms with Gasteiger partial charge in [-0.1, -0.05) is 38.5 Å². The lowest BCUT2D eigenvalue weighted by Crippen LogP contribution is -2.44. The van der Waals surface area contributed by atoms with Crippen molar-refractivity contribution in [2.75, 3.05) is 32.9 Å². The van der Waals surface area contributed by atoms with Gasteiger partial charge in [0.2, 0.25) is 5.91 Å². The van der Waals surface area contributed by atoms with Crippen LogP contribution in [0.3, 0.4) is 0 Å². The topological polar surface area (TPSA) is 178 Å². The lowest BCUT2D eigenvalue weighted by atomic mass is 9.73. The second-order valence-corrected chi connectivity index (χ2v) is 14.0. The molecule has 4 N–H and O–H groups in total. The van der Waals surface area contributed by atoms with E-state index in [0.29, 0.717) is 50.7 Å². The molecule has 0 aromatic rings. The highest BCUT2D eigenvalue weighted by Gasteiger charge is 2.42. The molecule has 4 aliphatic rings. The van der Waals surface area contributed by atoms with Gasteiger partial charge in [0.05, 0.1) is 49.4 Å². The fourth-order valence-corrected chi connectivity index (χ4v) is 7.91. The van der Waals surface area contributed by atoms with Crippen molar-refractivity contribution < 1.29 is 48.5 Å². The molecule has 46 heavy (non-hydrogen) atoms. The summed E-state index contributed by atoms with van der Waals surface area (Å²) in [5.41, 5.74) is 2.76. The number of hydroxylamine groups is 1. The number of amides is 1. The zero-order chi connectivity index (χ0) is 32.9. The lowest BCUT2D eigenvalue weighted by molar-refractivity contribution is -0.158. The Bertz CT molecular complexity index is 1030. The van der Waals surface area contributed by atoms with Crippen LogP contribution in [0.15, 0.2) is 0 Å². The molecule has 0 bridgehead atoms. The van der Waals surface area contributed by atoms with Gasteiger partial charge in [0.25, 0.3) is 0 Å². The van der Waals surface area contributed by atoms with E-state index < -0.39 is 41.5 Å². The zero-order valence-electron chi connectivity index (χ0n) is 27.1. The molecule has 4 aliphatic carbocycles. The summed E-state index contributed by atoms with van der Waals surface area (Å²) in [6, 6.07) is 0. The Kier molecular flexibility index (Phi) is 14.6. The fourth-order valence-electron chi connectivity index (χ4n) is 7.91. The maximum absolute atomic E-state index is 13.0. The smallest absolute Gasteiger partial charge is 0.308 e. The molecule has 0 radical (unpaired) electrons. The van der Waals surface area contributed by atoms with Gasteiger partial charge >= 0.3 is 23.9 Å². The minimum Gasteiger partial charge on any atom is -0.481 e. The van der Waals surface area contributed by atoms with E-state index in [1.807, 2.05) is 0 Å². The third-order valence-electron chi connectivity index (χ3n) is 10.8. The quantitative estimate of drug-likeness (QED) is 0.114. The van der Waals surface area contributed by atoms with Crippen LogP contribution in [0.5, 0.6) is 0 Å². The normalized spacial score (nSPS) is 29.4. The molecule has 260 valence electrons. The molecular weight excluding hydrogens is 596 g/mol. The average Bonchev–Trinajstić information content (AvgIpc) is 3.07. The predicted molar refractivity (Wildman–Crippen MR) is 166 cm³/mol. The van der Waals surface area contributed by atoms with Crippen molar-refractivity contribution in [1.82, 2.24) is 10.8 Å². The van der Waals surface area contributed by atoms with Crippen LogP contribution >= 0.6 is 0 Å². The van der Waals surface area contributed by atoms with Crippen LogP contribution < -0.4 is 10.8 Å². The van der Waals surface area contributed by atoms with Crippen LogP contribution in [0.4, 0.5) is 0 Å². The highest BCUT2D eigenvalue weighted by Crippen LogP contribution is 2.37. The van der Waals surface area contributed by atoms with Gasteiger partial charge in [0.1, 0.15) is 0 Å². The molecule has 4 saturated carbocycles. The van der Waals surface area contributed by atoms with Crippen LogP contribution in [0.25, 0.3) is 0 Å². The summed E-state index contributed by atoms with van der Waals surface area (Å²) in [5, 5.41) is 22.2. The Balaban J connectivity index is 1.16. The molecule has 12 heteroatoms. The van der Waals surface area contributed by atoms with E-state index in [1.54, 1.807) is 0 Å². The molecule has 0 spiro atoms. The molecule has 0 aliphatic heterocycles. The maximum Gasteiger partial charge on any atom is 0.308 e. The van der Waals surface area contributed by atoms with Crippen molar-refractivity contribution in [3.05, 3.63) is 0 Å². The minimum absolute atomic E-state index is 0.0890. The molecule has 1 amide bonds. The van der Waals surface area contributed by atoms with Gasteiger partial charge in [0, 0.05) is 13.1 Å². The first kappa shape index (κ1) is 36.1. The van der Waals surface area contributed by atoms with Crippen molar-refractivity contribution in [3.8, 4) is 0 Å². The molecule has 0 aromatic heterocycles. The number of aliphatic carboxylic acids is 2. The standard InChI is InChI=1S/C34H54N2O10/c37-30(29-18-25(12-14-28(29)32(40)41)34(43)45-20-23-9-5-2-6-10-23)35-15-16-36-46-21-26-17-24(11-13-27(26)31(38)39)33(42)44-19-22-7-3-1-4-8-22/h22-29,36H,1-21H2,(H,35,37)(H,38,39)(H,40,41). The number of rotatable bonds is 15. The Labute approximate surface area is 272 Å². The van der Waals surface area contributed by atoms with Crippen molar-refractivity contribution >= 4 is 29.8 Å². The van der Waals surface area contributed by atoms with E-state index in [-0.39, 0.29) is 56.3 Å². The summed E-state index contributed by atoms with van der Waals surface area (Å²) in [6.07, 6.45) is 13.3. The number of ether oxygens (including phenoxy) is 2. The third-order valence-corrected chi connectivity index (χ3v) is 10.8. The van der Waals surface area contributed by atoms with Crippen LogP contribution in [-0.4, -0.2) is 72.9 Å². The number of carbonyl (C=O) groups excluding carboxylic acids is 3. The maximum atomic E-state index is 13.0. The van der Waals surface area contributed by atoms with Crippen molar-refractivity contribution in [2.45, 2.75) is 103 Å². The van der Waals surface area contributed by atoms with Gasteiger partial charge in [-0.05, 0) is 82.0 Å². The van der Waals surface area contributed by atoms with Crippen LogP contribution in [0, 0.1) is 47.3 Å². The zero-order valence-corrected chi connectivity index (χ0v) is 27.1. The molecule has 0 heterocycles. The molecule has 6 atom stereocenters. The first-order chi connectivity index (χ1) is 22.2. The fraction of sp³-hybridized carbons (Fsp3) is 0.853. The van der Waals surface area contributed by atoms with Gasteiger partial charge in [-0.2, -0.15) is 0 Å². The second kappa shape index (κ2) is 18.6. The van der Waals surface area contributed by atoms with Crippen molar-refractivity contribution in [2.24, 2.45) is 47.3 Å². The average molecular weight is 651 g/mol. The first-order valence-electron chi connectivity index (χ1n) is 17.6. The third kappa shape index (κ3) is 10.9. The number of hydrogen-bond acceptors (Lipinski definition) is 9. The first-order valence-corrected chi connectivity index (χ1v) is 17.6. The Morgan fingerprint density at radius 2 is 1.09 bits per heavy atom. The minimum atomic E-state index is -1.05. The van der Waals surface area contributed by atoms with Gasteiger partial charge in [0.15, 0.2) is 0 Å². The second-order valence-electron chi connectivity index (χ2n) is 14.0. The van der Waals surface area contributed by atoms with Gasteiger partial charge in [-0.3, -0.25) is 24.0 Å². The number of carbonyl (C=O) groups is 5. The summed E-state index contributed by atoms with van der Waals surface area (Å²) in [7, 11) is 0. The molecule has 4 rings (SSSR count). The molecule has 12 nitrogen and oxygen atoms in total. The molecular formula is C34H54N2O10. The molecule has 0 saturated heterocycles. The van der Waals surface area contributed by atoms with E-state index in [4.69, 9.17) is 14.3 Å². The predicted octanol–water partition coefficient (Wildman–Crippen LogP) is 4.11. The van der Waals surface area contributed by atoms with E-state index in [0.717, 1.165) is 38.5 Å². The molecule has 0 aromatic carbocycles. The van der Waals surface area contributed by atoms with Gasteiger partial charge in [-0.25, -0.2) is 5.48 Å². The number of esters is 2. The van der Waals surface area contributed by atoms with Crippen molar-refractivity contribution in [1.29, 1.82) is 0 Å². The summed E-state index contributed by atoms with van der Waals surface area (Å²) in [4.78, 5) is 67.9. The van der Waals surface area contributed by atoms with E-state index in [9.17, 15) is 34.2 Å². The Morgan fingerprint density at radius 1 is 0.565 bits per heavy atom. The van der Waals surface area contributed by atoms with Crippen LogP contribution in [0.1, 0.15) is 103 Å². The highest BCUT2D eigenvalue weighted by molar-refractivity contribution is 5.86. The van der Waals surface area contributed by atoms with Gasteiger partial charge < -0.3 is 29.8 Å². The number of carboxylic acids is 2. The largest absolute Gasteiger partial charge is 0.481 e. The number of carboxylic acid groups (broad SMARTS) is 2. The number of hydrogen-bond donors (Lipinski definition) is 4. The van der Waals surface area contributed by atoms with E-state index in [1.165, 1.54) is 25.7 Å². The Hall–Kier alpha value is -2.73. The van der Waals surface area contributed by atoms with E-state index >= 15 is 0 Å². The SMILES string of the molecule is O=C(OCC1CCCCC1)C1CCC(C(=O)O)C(CONCCNC(=O)C2CC(C(=O)OCC3CCCCC3)CCC2C(=O)O)C1. The van der Waals surface area contributed by atoms with Crippen LogP contribution in [0.2, 0.25) is 0 Å². The summed E-state index contributed by atoms with van der Waals surface area (Å²) in [5.74, 6) is -5.73. The summed E-state index contributed by atoms with van der Waals surface area (Å²) in [6.45, 7) is 1.28. The Morgan fingerprint density at radius 3 is 1.63 bits per heavy atom. The van der Waals surface area contributed by atoms with Crippen molar-refractivity contribution in [3.63, 3.8) is 0 Å². The number of nitrogens with one attached hydrogen (secondary N) is 2. The molecule has 6 unspecified atom stereocenters. The van der Waals surface area contributed by atoms with E-state index in [2.05, 4.69) is 10.8 Å². The molecule has 4 fully saturated rings. The summed E-state index contributed by atoms with van der Waals surface area (Å²) >= 11 is 0. The highest BCUT2D eigenvalue weighted by atomic mass is 16.6. The lowest BCUT2D eigenvalue weighted by Gasteiger charge is -2.33. The van der Waals surface area contributed by atoms with Crippen LogP contribution in [-0.2, 0) is 38.3 Å². The van der Waals surface area contributed by atoms with Gasteiger partial charge in [-0.15, -0.1) is 0 Å².